The molecule has 1 fully saturated rings. The fraction of sp³-hybridized carbons (Fsp3) is 0.444. The van der Waals surface area contributed by atoms with Crippen molar-refractivity contribution in [1.82, 2.24) is 19.8 Å². The standard InChI is InChI=1S/C27H32N4O2/c1-19(20-11-5-3-6-12-20)17-31-25(32)24-29-22-15-9-10-16-23(22)30(24)18-27(31,2)26(33)28-21-13-7-4-8-14-21/h3,5-6,9-12,15-16,19,21H,4,7-8,13-14,17-18H2,1-2H3,(H,28,33)/t19-,27+/m1/s1. The first-order chi connectivity index (χ1) is 16.0. The van der Waals surface area contributed by atoms with Gasteiger partial charge in [0.15, 0.2) is 5.82 Å². The minimum absolute atomic E-state index is 0.0635. The van der Waals surface area contributed by atoms with E-state index in [4.69, 9.17) is 0 Å². The van der Waals surface area contributed by atoms with Gasteiger partial charge in [-0.05, 0) is 43.4 Å². The Morgan fingerprint density at radius 3 is 2.55 bits per heavy atom. The molecule has 0 bridgehead atoms. The zero-order chi connectivity index (χ0) is 23.0. The van der Waals surface area contributed by atoms with Crippen molar-refractivity contribution >= 4 is 22.8 Å². The Labute approximate surface area is 195 Å². The van der Waals surface area contributed by atoms with Gasteiger partial charge < -0.3 is 14.8 Å². The van der Waals surface area contributed by atoms with Gasteiger partial charge in [-0.3, -0.25) is 9.59 Å². The van der Waals surface area contributed by atoms with Gasteiger partial charge in [-0.15, -0.1) is 0 Å². The number of amides is 2. The molecule has 1 aliphatic carbocycles. The highest BCUT2D eigenvalue weighted by molar-refractivity contribution is 6.01. The summed E-state index contributed by atoms with van der Waals surface area (Å²) >= 11 is 0. The van der Waals surface area contributed by atoms with Gasteiger partial charge in [-0.25, -0.2) is 4.98 Å². The number of carbonyl (C=O) groups excluding carboxylic acids is 2. The van der Waals surface area contributed by atoms with Crippen molar-refractivity contribution in [2.45, 2.75) is 70.0 Å². The number of imidazole rings is 1. The second-order valence-electron chi connectivity index (χ2n) is 9.82. The van der Waals surface area contributed by atoms with Gasteiger partial charge in [0.25, 0.3) is 5.91 Å². The molecule has 1 saturated carbocycles. The van der Waals surface area contributed by atoms with Gasteiger partial charge in [0.1, 0.15) is 5.54 Å². The maximum atomic E-state index is 13.8. The van der Waals surface area contributed by atoms with E-state index in [1.807, 2.05) is 54.0 Å². The predicted molar refractivity (Wildman–Crippen MR) is 129 cm³/mol. The van der Waals surface area contributed by atoms with E-state index in [0.29, 0.717) is 18.9 Å². The first kappa shape index (κ1) is 21.7. The number of benzene rings is 2. The minimum atomic E-state index is -0.992. The van der Waals surface area contributed by atoms with Gasteiger partial charge in [0.2, 0.25) is 5.91 Å². The quantitative estimate of drug-likeness (QED) is 0.630. The van der Waals surface area contributed by atoms with Crippen molar-refractivity contribution in [1.29, 1.82) is 0 Å². The summed E-state index contributed by atoms with van der Waals surface area (Å²) in [7, 11) is 0. The molecule has 2 aliphatic rings. The first-order valence-electron chi connectivity index (χ1n) is 12.1. The number of hydrogen-bond acceptors (Lipinski definition) is 3. The summed E-state index contributed by atoms with van der Waals surface area (Å²) in [6, 6.07) is 18.1. The van der Waals surface area contributed by atoms with E-state index in [2.05, 4.69) is 29.4 Å². The van der Waals surface area contributed by atoms with Crippen LogP contribution in [0.5, 0.6) is 0 Å². The average Bonchev–Trinajstić information content (AvgIpc) is 3.21. The van der Waals surface area contributed by atoms with Crippen LogP contribution in [0.4, 0.5) is 0 Å². The molecular weight excluding hydrogens is 412 g/mol. The van der Waals surface area contributed by atoms with Crippen LogP contribution in [0.15, 0.2) is 54.6 Å². The summed E-state index contributed by atoms with van der Waals surface area (Å²) in [6.07, 6.45) is 5.54. The summed E-state index contributed by atoms with van der Waals surface area (Å²) in [6.45, 7) is 4.88. The average molecular weight is 445 g/mol. The molecule has 0 radical (unpaired) electrons. The minimum Gasteiger partial charge on any atom is -0.351 e. The Morgan fingerprint density at radius 2 is 1.79 bits per heavy atom. The SMILES string of the molecule is C[C@H](CN1C(=O)c2nc3ccccc3n2C[C@@]1(C)C(=O)NC1CCCCC1)c1ccccc1. The number of rotatable bonds is 5. The predicted octanol–water partition coefficient (Wildman–Crippen LogP) is 4.50. The number of carbonyl (C=O) groups is 2. The van der Waals surface area contributed by atoms with Gasteiger partial charge >= 0.3 is 0 Å². The summed E-state index contributed by atoms with van der Waals surface area (Å²) < 4.78 is 1.93. The normalized spacial score (nSPS) is 22.2. The Morgan fingerprint density at radius 1 is 1.09 bits per heavy atom. The van der Waals surface area contributed by atoms with E-state index >= 15 is 0 Å². The highest BCUT2D eigenvalue weighted by atomic mass is 16.2. The van der Waals surface area contributed by atoms with Crippen LogP contribution < -0.4 is 5.32 Å². The van der Waals surface area contributed by atoms with Crippen LogP contribution in [0.3, 0.4) is 0 Å². The Balaban J connectivity index is 1.52. The van der Waals surface area contributed by atoms with Gasteiger partial charge in [-0.2, -0.15) is 0 Å². The maximum absolute atomic E-state index is 13.8. The third-order valence-electron chi connectivity index (χ3n) is 7.41. The summed E-state index contributed by atoms with van der Waals surface area (Å²) in [5.74, 6) is 0.264. The third kappa shape index (κ3) is 3.92. The zero-order valence-electron chi connectivity index (χ0n) is 19.5. The highest BCUT2D eigenvalue weighted by Crippen LogP contribution is 2.33. The molecule has 172 valence electrons. The lowest BCUT2D eigenvalue weighted by atomic mass is 9.90. The number of nitrogens with one attached hydrogen (secondary N) is 1. The van der Waals surface area contributed by atoms with Gasteiger partial charge in [-0.1, -0.05) is 68.7 Å². The molecule has 0 spiro atoms. The molecule has 2 heterocycles. The monoisotopic (exact) mass is 444 g/mol. The number of aromatic nitrogens is 2. The number of fused-ring (bicyclic) bond motifs is 3. The van der Waals surface area contributed by atoms with E-state index in [9.17, 15) is 9.59 Å². The summed E-state index contributed by atoms with van der Waals surface area (Å²) in [5.41, 5.74) is 1.84. The first-order valence-corrected chi connectivity index (χ1v) is 12.1. The van der Waals surface area contributed by atoms with Gasteiger partial charge in [0.05, 0.1) is 17.6 Å². The Bertz CT molecular complexity index is 1170. The molecule has 1 aromatic heterocycles. The molecule has 1 N–H and O–H groups in total. The molecule has 33 heavy (non-hydrogen) atoms. The Hall–Kier alpha value is -3.15. The number of hydrogen-bond donors (Lipinski definition) is 1. The highest BCUT2D eigenvalue weighted by Gasteiger charge is 2.49. The van der Waals surface area contributed by atoms with E-state index in [1.165, 1.54) is 6.42 Å². The van der Waals surface area contributed by atoms with E-state index in [0.717, 1.165) is 42.3 Å². The molecule has 0 saturated heterocycles. The number of para-hydroxylation sites is 2. The fourth-order valence-corrected chi connectivity index (χ4v) is 5.36. The van der Waals surface area contributed by atoms with Crippen LogP contribution in [-0.2, 0) is 11.3 Å². The fourth-order valence-electron chi connectivity index (χ4n) is 5.36. The molecule has 6 nitrogen and oxygen atoms in total. The molecule has 1 aliphatic heterocycles. The van der Waals surface area contributed by atoms with Crippen LogP contribution in [-0.4, -0.2) is 44.4 Å². The Kier molecular flexibility index (Phi) is 5.69. The second kappa shape index (κ2) is 8.65. The maximum Gasteiger partial charge on any atom is 0.290 e. The lowest BCUT2D eigenvalue weighted by Crippen LogP contribution is -2.65. The molecule has 0 unspecified atom stereocenters. The van der Waals surface area contributed by atoms with E-state index in [1.54, 1.807) is 4.90 Å². The smallest absolute Gasteiger partial charge is 0.290 e. The summed E-state index contributed by atoms with van der Waals surface area (Å²) in [5, 5.41) is 3.30. The van der Waals surface area contributed by atoms with Gasteiger partial charge in [0, 0.05) is 12.6 Å². The van der Waals surface area contributed by atoms with Crippen molar-refractivity contribution in [3.63, 3.8) is 0 Å². The number of nitrogens with zero attached hydrogens (tertiary/aromatic N) is 3. The molecule has 2 aromatic carbocycles. The van der Waals surface area contributed by atoms with Crippen LogP contribution in [0.1, 0.15) is 68.1 Å². The molecule has 2 amide bonds. The van der Waals surface area contributed by atoms with Crippen LogP contribution in [0.2, 0.25) is 0 Å². The van der Waals surface area contributed by atoms with Crippen molar-refractivity contribution in [2.75, 3.05) is 6.54 Å². The van der Waals surface area contributed by atoms with Crippen LogP contribution in [0, 0.1) is 0 Å². The van der Waals surface area contributed by atoms with Crippen LogP contribution in [0.25, 0.3) is 11.0 Å². The van der Waals surface area contributed by atoms with Crippen molar-refractivity contribution < 1.29 is 9.59 Å². The topological polar surface area (TPSA) is 67.2 Å². The van der Waals surface area contributed by atoms with Crippen molar-refractivity contribution in [3.05, 3.63) is 66.0 Å². The largest absolute Gasteiger partial charge is 0.351 e. The zero-order valence-corrected chi connectivity index (χ0v) is 19.5. The lowest BCUT2D eigenvalue weighted by molar-refractivity contribution is -0.134. The van der Waals surface area contributed by atoms with Crippen molar-refractivity contribution in [2.24, 2.45) is 0 Å². The van der Waals surface area contributed by atoms with E-state index < -0.39 is 5.54 Å². The van der Waals surface area contributed by atoms with Crippen molar-refractivity contribution in [3.8, 4) is 0 Å². The van der Waals surface area contributed by atoms with Crippen LogP contribution >= 0.6 is 0 Å². The molecular formula is C27H32N4O2. The molecule has 2 atom stereocenters. The second-order valence-corrected chi connectivity index (χ2v) is 9.82. The molecule has 3 aromatic rings. The van der Waals surface area contributed by atoms with E-state index in [-0.39, 0.29) is 23.8 Å². The molecule has 6 heteroatoms. The third-order valence-corrected chi connectivity index (χ3v) is 7.41. The lowest BCUT2D eigenvalue weighted by Gasteiger charge is -2.45. The molecule has 5 rings (SSSR count). The summed E-state index contributed by atoms with van der Waals surface area (Å²) in [4.78, 5) is 34.0.